The number of ether oxygens (including phenoxy) is 1. The summed E-state index contributed by atoms with van der Waals surface area (Å²) in [6, 6.07) is 8.04. The van der Waals surface area contributed by atoms with E-state index in [-0.39, 0.29) is 6.04 Å². The molecule has 0 aromatic heterocycles. The summed E-state index contributed by atoms with van der Waals surface area (Å²) >= 11 is 0. The minimum Gasteiger partial charge on any atom is -0.496 e. The first kappa shape index (κ1) is 15.2. The molecule has 0 amide bonds. The van der Waals surface area contributed by atoms with Crippen molar-refractivity contribution in [2.45, 2.75) is 26.3 Å². The Morgan fingerprint density at radius 2 is 2.06 bits per heavy atom. The monoisotopic (exact) mass is 269 g/mol. The van der Waals surface area contributed by atoms with Gasteiger partial charge in [0.05, 0.1) is 7.11 Å². The van der Waals surface area contributed by atoms with E-state index >= 15 is 0 Å². The van der Waals surface area contributed by atoms with E-state index in [1.165, 1.54) is 0 Å². The quantitative estimate of drug-likeness (QED) is 0.788. The van der Waals surface area contributed by atoms with Gasteiger partial charge in [0.25, 0.3) is 0 Å². The molecule has 0 saturated carbocycles. The van der Waals surface area contributed by atoms with Gasteiger partial charge in [-0.2, -0.15) is 0 Å². The van der Waals surface area contributed by atoms with Crippen molar-refractivity contribution in [3.05, 3.63) is 29.8 Å². The van der Waals surface area contributed by atoms with E-state index in [0.717, 1.165) is 24.3 Å². The predicted octanol–water partition coefficient (Wildman–Crippen LogP) is 2.50. The van der Waals surface area contributed by atoms with Crippen LogP contribution in [-0.4, -0.2) is 29.4 Å². The van der Waals surface area contributed by atoms with Crippen LogP contribution in [0, 0.1) is 0 Å². The molecule has 1 rings (SSSR count). The molecule has 0 fully saturated rings. The molecule has 2 atom stereocenters. The molecule has 1 aromatic rings. The van der Waals surface area contributed by atoms with Crippen molar-refractivity contribution >= 4 is 10.8 Å². The summed E-state index contributed by atoms with van der Waals surface area (Å²) in [5.74, 6) is 2.19. The van der Waals surface area contributed by atoms with Gasteiger partial charge in [0, 0.05) is 33.9 Å². The van der Waals surface area contributed by atoms with Gasteiger partial charge in [-0.05, 0) is 19.0 Å². The summed E-state index contributed by atoms with van der Waals surface area (Å²) in [6.45, 7) is 5.00. The van der Waals surface area contributed by atoms with Crippen LogP contribution in [0.3, 0.4) is 0 Å². The summed E-state index contributed by atoms with van der Waals surface area (Å²) in [5.41, 5.74) is 1.09. The van der Waals surface area contributed by atoms with E-state index < -0.39 is 10.8 Å². The minimum absolute atomic E-state index is 0.0990. The van der Waals surface area contributed by atoms with Crippen LogP contribution < -0.4 is 10.1 Å². The number of hydrogen-bond acceptors (Lipinski definition) is 3. The van der Waals surface area contributed by atoms with Gasteiger partial charge >= 0.3 is 0 Å². The third-order valence-corrected chi connectivity index (χ3v) is 4.18. The Bertz CT molecular complexity index is 382. The van der Waals surface area contributed by atoms with E-state index in [1.54, 1.807) is 7.11 Å². The summed E-state index contributed by atoms with van der Waals surface area (Å²) < 4.78 is 17.2. The highest BCUT2D eigenvalue weighted by atomic mass is 32.2. The van der Waals surface area contributed by atoms with Gasteiger partial charge < -0.3 is 10.1 Å². The molecule has 0 saturated heterocycles. The Kier molecular flexibility index (Phi) is 6.98. The fourth-order valence-corrected chi connectivity index (χ4v) is 2.74. The lowest BCUT2D eigenvalue weighted by molar-refractivity contribution is 0.402. The van der Waals surface area contributed by atoms with Gasteiger partial charge in [0.2, 0.25) is 0 Å². The second kappa shape index (κ2) is 8.27. The van der Waals surface area contributed by atoms with E-state index in [9.17, 15) is 4.21 Å². The van der Waals surface area contributed by atoms with Crippen molar-refractivity contribution in [3.8, 4) is 5.75 Å². The SMILES string of the molecule is CCCNC(CS(=O)CC)c1ccccc1OC. The maximum absolute atomic E-state index is 11.8. The third-order valence-electron chi connectivity index (χ3n) is 2.83. The highest BCUT2D eigenvalue weighted by molar-refractivity contribution is 7.84. The molecular weight excluding hydrogens is 246 g/mol. The van der Waals surface area contributed by atoms with Crippen molar-refractivity contribution < 1.29 is 8.95 Å². The average molecular weight is 269 g/mol. The lowest BCUT2D eigenvalue weighted by Gasteiger charge is -2.20. The van der Waals surface area contributed by atoms with E-state index in [1.807, 2.05) is 31.2 Å². The van der Waals surface area contributed by atoms with Crippen LogP contribution in [0.5, 0.6) is 5.75 Å². The highest BCUT2D eigenvalue weighted by Crippen LogP contribution is 2.25. The van der Waals surface area contributed by atoms with Crippen LogP contribution in [-0.2, 0) is 10.8 Å². The van der Waals surface area contributed by atoms with Crippen molar-refractivity contribution in [3.63, 3.8) is 0 Å². The van der Waals surface area contributed by atoms with Gasteiger partial charge in [0.15, 0.2) is 0 Å². The molecule has 2 unspecified atom stereocenters. The zero-order chi connectivity index (χ0) is 13.4. The lowest BCUT2D eigenvalue weighted by atomic mass is 10.1. The molecule has 0 bridgehead atoms. The van der Waals surface area contributed by atoms with Crippen LogP contribution >= 0.6 is 0 Å². The maximum Gasteiger partial charge on any atom is 0.123 e. The van der Waals surface area contributed by atoms with Crippen molar-refractivity contribution in [1.29, 1.82) is 0 Å². The van der Waals surface area contributed by atoms with Crippen LogP contribution in [0.15, 0.2) is 24.3 Å². The summed E-state index contributed by atoms with van der Waals surface area (Å²) in [6.07, 6.45) is 1.06. The molecule has 0 aliphatic carbocycles. The van der Waals surface area contributed by atoms with E-state index in [2.05, 4.69) is 12.2 Å². The molecule has 1 aromatic carbocycles. The first-order valence-electron chi connectivity index (χ1n) is 6.44. The van der Waals surface area contributed by atoms with Crippen LogP contribution in [0.1, 0.15) is 31.9 Å². The molecule has 0 spiro atoms. The third kappa shape index (κ3) is 4.42. The number of hydrogen-bond donors (Lipinski definition) is 1. The topological polar surface area (TPSA) is 38.3 Å². The molecule has 0 aliphatic heterocycles. The van der Waals surface area contributed by atoms with Crippen LogP contribution in [0.4, 0.5) is 0 Å². The van der Waals surface area contributed by atoms with E-state index in [4.69, 9.17) is 4.74 Å². The van der Waals surface area contributed by atoms with Crippen molar-refractivity contribution in [2.24, 2.45) is 0 Å². The van der Waals surface area contributed by atoms with Crippen molar-refractivity contribution in [1.82, 2.24) is 5.32 Å². The molecule has 102 valence electrons. The number of benzene rings is 1. The molecule has 18 heavy (non-hydrogen) atoms. The average Bonchev–Trinajstić information content (AvgIpc) is 2.43. The molecule has 4 heteroatoms. The van der Waals surface area contributed by atoms with Gasteiger partial charge in [-0.25, -0.2) is 0 Å². The van der Waals surface area contributed by atoms with Gasteiger partial charge in [-0.3, -0.25) is 4.21 Å². The lowest BCUT2D eigenvalue weighted by Crippen LogP contribution is -2.27. The van der Waals surface area contributed by atoms with Gasteiger partial charge in [0.1, 0.15) is 5.75 Å². The Hall–Kier alpha value is -0.870. The number of para-hydroxylation sites is 1. The summed E-state index contributed by atoms with van der Waals surface area (Å²) in [7, 11) is 0.884. The smallest absolute Gasteiger partial charge is 0.123 e. The second-order valence-corrected chi connectivity index (χ2v) is 5.93. The van der Waals surface area contributed by atoms with Gasteiger partial charge in [-0.15, -0.1) is 0 Å². The molecule has 0 radical (unpaired) electrons. The number of nitrogens with one attached hydrogen (secondary N) is 1. The fourth-order valence-electron chi connectivity index (χ4n) is 1.84. The Labute approximate surface area is 112 Å². The van der Waals surface area contributed by atoms with Gasteiger partial charge in [-0.1, -0.05) is 32.0 Å². The summed E-state index contributed by atoms with van der Waals surface area (Å²) in [5, 5.41) is 3.45. The maximum atomic E-state index is 11.8. The van der Waals surface area contributed by atoms with Crippen molar-refractivity contribution in [2.75, 3.05) is 25.2 Å². The Balaban J connectivity index is 2.89. The molecule has 1 N–H and O–H groups in total. The zero-order valence-corrected chi connectivity index (χ0v) is 12.3. The molecule has 0 aliphatic rings. The van der Waals surface area contributed by atoms with Crippen LogP contribution in [0.25, 0.3) is 0 Å². The highest BCUT2D eigenvalue weighted by Gasteiger charge is 2.17. The first-order chi connectivity index (χ1) is 8.72. The second-order valence-electron chi connectivity index (χ2n) is 4.14. The Morgan fingerprint density at radius 1 is 1.33 bits per heavy atom. The zero-order valence-electron chi connectivity index (χ0n) is 11.4. The first-order valence-corrected chi connectivity index (χ1v) is 7.93. The molecule has 3 nitrogen and oxygen atoms in total. The number of rotatable bonds is 8. The molecular formula is C14H23NO2S. The fraction of sp³-hybridized carbons (Fsp3) is 0.571. The standard InChI is InChI=1S/C14H23NO2S/c1-4-10-15-13(11-18(16)5-2)12-8-6-7-9-14(12)17-3/h6-9,13,15H,4-5,10-11H2,1-3H3. The normalized spacial score (nSPS) is 14.2. The minimum atomic E-state index is -0.789. The number of methoxy groups -OCH3 is 1. The predicted molar refractivity (Wildman–Crippen MR) is 77.6 cm³/mol. The largest absolute Gasteiger partial charge is 0.496 e. The summed E-state index contributed by atoms with van der Waals surface area (Å²) in [4.78, 5) is 0. The molecule has 0 heterocycles. The van der Waals surface area contributed by atoms with E-state index in [0.29, 0.717) is 11.5 Å². The van der Waals surface area contributed by atoms with Crippen LogP contribution in [0.2, 0.25) is 0 Å². The Morgan fingerprint density at radius 3 is 2.67 bits per heavy atom.